The second-order valence-electron chi connectivity index (χ2n) is 9.14. The van der Waals surface area contributed by atoms with E-state index >= 15 is 0 Å². The van der Waals surface area contributed by atoms with E-state index in [4.69, 9.17) is 4.98 Å². The van der Waals surface area contributed by atoms with Gasteiger partial charge in [0.25, 0.3) is 0 Å². The average Bonchev–Trinajstić information content (AvgIpc) is 3.50. The summed E-state index contributed by atoms with van der Waals surface area (Å²) < 4.78 is 0. The van der Waals surface area contributed by atoms with E-state index in [-0.39, 0.29) is 5.92 Å². The van der Waals surface area contributed by atoms with Crippen molar-refractivity contribution in [1.29, 1.82) is 0 Å². The van der Waals surface area contributed by atoms with Crippen molar-refractivity contribution >= 4 is 40.3 Å². The van der Waals surface area contributed by atoms with Gasteiger partial charge in [0.1, 0.15) is 11.9 Å². The molecular weight excluding hydrogens is 444 g/mol. The van der Waals surface area contributed by atoms with Gasteiger partial charge in [0.2, 0.25) is 5.95 Å². The Labute approximate surface area is 203 Å². The summed E-state index contributed by atoms with van der Waals surface area (Å²) in [5.74, 6) is 0.697. The number of aldehydes is 1. The molecule has 2 N–H and O–H groups in total. The molecule has 0 spiro atoms. The second kappa shape index (κ2) is 10.0. The topological polar surface area (TPSA) is 77.2 Å². The van der Waals surface area contributed by atoms with Crippen LogP contribution in [0.3, 0.4) is 0 Å². The SMILES string of the molecule is Cc1csc(-c2nc(Nc3ccc(CN4CCN(CC(C)C=O)CC4)cc3)nc3[nH]ccc23)c1. The molecule has 0 bridgehead atoms. The van der Waals surface area contributed by atoms with E-state index in [2.05, 4.69) is 67.7 Å². The number of nitrogens with one attached hydrogen (secondary N) is 2. The summed E-state index contributed by atoms with van der Waals surface area (Å²) in [5, 5.41) is 6.55. The zero-order valence-electron chi connectivity index (χ0n) is 19.6. The molecule has 1 aromatic carbocycles. The zero-order chi connectivity index (χ0) is 23.5. The molecule has 1 fully saturated rings. The Morgan fingerprint density at radius 2 is 1.88 bits per heavy atom. The summed E-state index contributed by atoms with van der Waals surface area (Å²) in [6, 6.07) is 12.7. The van der Waals surface area contributed by atoms with Gasteiger partial charge in [-0.05, 0) is 47.7 Å². The number of thiophene rings is 1. The van der Waals surface area contributed by atoms with E-state index in [1.165, 1.54) is 11.1 Å². The number of aromatic nitrogens is 3. The van der Waals surface area contributed by atoms with Gasteiger partial charge in [0, 0.05) is 62.5 Å². The molecular formula is C26H30N6OS. The van der Waals surface area contributed by atoms with Gasteiger partial charge in [0.15, 0.2) is 0 Å². The quantitative estimate of drug-likeness (QED) is 0.361. The molecule has 8 heteroatoms. The minimum absolute atomic E-state index is 0.110. The fourth-order valence-corrected chi connectivity index (χ4v) is 5.30. The minimum Gasteiger partial charge on any atom is -0.346 e. The van der Waals surface area contributed by atoms with Crippen LogP contribution in [0.1, 0.15) is 18.1 Å². The van der Waals surface area contributed by atoms with Gasteiger partial charge < -0.3 is 20.0 Å². The second-order valence-corrected chi connectivity index (χ2v) is 10.0. The fourth-order valence-electron chi connectivity index (χ4n) is 4.40. The smallest absolute Gasteiger partial charge is 0.229 e. The highest BCUT2D eigenvalue weighted by Crippen LogP contribution is 2.32. The molecule has 0 radical (unpaired) electrons. The maximum absolute atomic E-state index is 10.9. The van der Waals surface area contributed by atoms with Crippen molar-refractivity contribution in [3.63, 3.8) is 0 Å². The van der Waals surface area contributed by atoms with Crippen LogP contribution in [-0.4, -0.2) is 63.8 Å². The van der Waals surface area contributed by atoms with Crippen molar-refractivity contribution < 1.29 is 4.79 Å². The third-order valence-electron chi connectivity index (χ3n) is 6.24. The maximum atomic E-state index is 10.9. The number of fused-ring (bicyclic) bond motifs is 1. The monoisotopic (exact) mass is 474 g/mol. The molecule has 1 aliphatic rings. The lowest BCUT2D eigenvalue weighted by Crippen LogP contribution is -2.47. The highest BCUT2D eigenvalue weighted by atomic mass is 32.1. The maximum Gasteiger partial charge on any atom is 0.229 e. The van der Waals surface area contributed by atoms with Crippen LogP contribution < -0.4 is 5.32 Å². The van der Waals surface area contributed by atoms with Gasteiger partial charge in [-0.3, -0.25) is 4.90 Å². The number of H-pyrrole nitrogens is 1. The lowest BCUT2D eigenvalue weighted by molar-refractivity contribution is -0.111. The first kappa shape index (κ1) is 22.7. The Morgan fingerprint density at radius 1 is 1.12 bits per heavy atom. The first-order chi connectivity index (χ1) is 16.6. The van der Waals surface area contributed by atoms with E-state index in [0.717, 1.165) is 72.8 Å². The lowest BCUT2D eigenvalue weighted by atomic mass is 10.1. The first-order valence-electron chi connectivity index (χ1n) is 11.7. The van der Waals surface area contributed by atoms with E-state index in [0.29, 0.717) is 5.95 Å². The predicted octanol–water partition coefficient (Wildman–Crippen LogP) is 4.69. The molecule has 3 aromatic heterocycles. The van der Waals surface area contributed by atoms with Crippen LogP contribution in [-0.2, 0) is 11.3 Å². The van der Waals surface area contributed by atoms with Crippen molar-refractivity contribution in [3.8, 4) is 10.6 Å². The molecule has 1 atom stereocenters. The number of rotatable bonds is 8. The number of anilines is 2. The summed E-state index contributed by atoms with van der Waals surface area (Å²) in [4.78, 5) is 29.6. The van der Waals surface area contributed by atoms with Crippen molar-refractivity contribution in [3.05, 3.63) is 59.1 Å². The highest BCUT2D eigenvalue weighted by Gasteiger charge is 2.18. The van der Waals surface area contributed by atoms with E-state index in [1.807, 2.05) is 19.2 Å². The molecule has 176 valence electrons. The van der Waals surface area contributed by atoms with E-state index in [1.54, 1.807) is 11.3 Å². The summed E-state index contributed by atoms with van der Waals surface area (Å²) in [6.07, 6.45) is 2.96. The Bertz CT molecular complexity index is 1260. The summed E-state index contributed by atoms with van der Waals surface area (Å²) in [7, 11) is 0. The molecule has 4 heterocycles. The molecule has 4 aromatic rings. The lowest BCUT2D eigenvalue weighted by Gasteiger charge is -2.35. The molecule has 1 unspecified atom stereocenters. The first-order valence-corrected chi connectivity index (χ1v) is 12.6. The van der Waals surface area contributed by atoms with Gasteiger partial charge in [-0.2, -0.15) is 4.98 Å². The fraction of sp³-hybridized carbons (Fsp3) is 0.346. The number of aromatic amines is 1. The molecule has 1 aliphatic heterocycles. The molecule has 0 amide bonds. The Hall–Kier alpha value is -3.07. The summed E-state index contributed by atoms with van der Waals surface area (Å²) >= 11 is 1.70. The molecule has 5 rings (SSSR count). The predicted molar refractivity (Wildman–Crippen MR) is 139 cm³/mol. The van der Waals surface area contributed by atoms with Crippen molar-refractivity contribution in [2.75, 3.05) is 38.0 Å². The van der Waals surface area contributed by atoms with E-state index in [9.17, 15) is 4.79 Å². The van der Waals surface area contributed by atoms with E-state index < -0.39 is 0 Å². The number of benzene rings is 1. The Balaban J connectivity index is 1.23. The van der Waals surface area contributed by atoms with Gasteiger partial charge >= 0.3 is 0 Å². The van der Waals surface area contributed by atoms with Gasteiger partial charge in [-0.15, -0.1) is 11.3 Å². The van der Waals surface area contributed by atoms with Crippen molar-refractivity contribution in [1.82, 2.24) is 24.8 Å². The Kier molecular flexibility index (Phi) is 6.71. The number of aryl methyl sites for hydroxylation is 1. The van der Waals surface area contributed by atoms with Crippen LogP contribution in [0.4, 0.5) is 11.6 Å². The van der Waals surface area contributed by atoms with Crippen LogP contribution in [0, 0.1) is 12.8 Å². The summed E-state index contributed by atoms with van der Waals surface area (Å²) in [5.41, 5.74) is 5.28. The van der Waals surface area contributed by atoms with Crippen molar-refractivity contribution in [2.24, 2.45) is 5.92 Å². The van der Waals surface area contributed by atoms with Gasteiger partial charge in [-0.1, -0.05) is 19.1 Å². The number of nitrogens with zero attached hydrogens (tertiary/aromatic N) is 4. The molecule has 7 nitrogen and oxygen atoms in total. The molecule has 0 aliphatic carbocycles. The van der Waals surface area contributed by atoms with Crippen LogP contribution in [0.15, 0.2) is 48.0 Å². The zero-order valence-corrected chi connectivity index (χ0v) is 20.4. The third-order valence-corrected chi connectivity index (χ3v) is 7.29. The minimum atomic E-state index is 0.110. The highest BCUT2D eigenvalue weighted by molar-refractivity contribution is 7.13. The molecule has 1 saturated heterocycles. The van der Waals surface area contributed by atoms with Crippen LogP contribution in [0.5, 0.6) is 0 Å². The standard InChI is InChI=1S/C26H30N6OS/c1-18-13-23(34-17-18)24-22-7-8-27-25(22)30-26(29-24)28-21-5-3-20(4-6-21)15-32-11-9-31(10-12-32)14-19(2)16-33/h3-8,13,16-17,19H,9-12,14-15H2,1-2H3,(H2,27,28,29,30). The number of carbonyl (C=O) groups excluding carboxylic acids is 1. The van der Waals surface area contributed by atoms with Crippen LogP contribution >= 0.6 is 11.3 Å². The number of carbonyl (C=O) groups is 1. The molecule has 34 heavy (non-hydrogen) atoms. The average molecular weight is 475 g/mol. The normalized spacial score (nSPS) is 16.1. The Morgan fingerprint density at radius 3 is 2.59 bits per heavy atom. The largest absolute Gasteiger partial charge is 0.346 e. The van der Waals surface area contributed by atoms with Crippen LogP contribution in [0.2, 0.25) is 0 Å². The number of hydrogen-bond donors (Lipinski definition) is 2. The summed E-state index contributed by atoms with van der Waals surface area (Å²) in [6.45, 7) is 9.97. The third kappa shape index (κ3) is 5.19. The number of hydrogen-bond acceptors (Lipinski definition) is 7. The molecule has 0 saturated carbocycles. The van der Waals surface area contributed by atoms with Crippen molar-refractivity contribution in [2.45, 2.75) is 20.4 Å². The van der Waals surface area contributed by atoms with Gasteiger partial charge in [-0.25, -0.2) is 4.98 Å². The van der Waals surface area contributed by atoms with Crippen LogP contribution in [0.25, 0.3) is 21.6 Å². The number of piperazine rings is 1. The van der Waals surface area contributed by atoms with Gasteiger partial charge in [0.05, 0.1) is 10.6 Å².